The van der Waals surface area contributed by atoms with E-state index in [9.17, 15) is 0 Å². The number of hydrogen-bond donors (Lipinski definition) is 1. The van der Waals surface area contributed by atoms with Crippen molar-refractivity contribution in [2.45, 2.75) is 33.1 Å². The summed E-state index contributed by atoms with van der Waals surface area (Å²) >= 11 is 5.29. The molecule has 98 valence electrons. The van der Waals surface area contributed by atoms with Crippen LogP contribution in [-0.2, 0) is 6.42 Å². The summed E-state index contributed by atoms with van der Waals surface area (Å²) in [6, 6.07) is 6.29. The van der Waals surface area contributed by atoms with E-state index >= 15 is 0 Å². The van der Waals surface area contributed by atoms with Gasteiger partial charge in [0, 0.05) is 4.47 Å². The largest absolute Gasteiger partial charge is 0.330 e. The molecule has 1 heterocycles. The van der Waals surface area contributed by atoms with Gasteiger partial charge in [-0.15, -0.1) is 11.3 Å². The van der Waals surface area contributed by atoms with E-state index < -0.39 is 0 Å². The van der Waals surface area contributed by atoms with E-state index in [1.165, 1.54) is 9.71 Å². The molecule has 0 aliphatic carbocycles. The van der Waals surface area contributed by atoms with Crippen LogP contribution in [0.2, 0.25) is 0 Å². The third-order valence-electron chi connectivity index (χ3n) is 3.23. The van der Waals surface area contributed by atoms with Crippen molar-refractivity contribution in [1.82, 2.24) is 4.98 Å². The highest BCUT2D eigenvalue weighted by Crippen LogP contribution is 2.30. The molecule has 0 aliphatic heterocycles. The van der Waals surface area contributed by atoms with Gasteiger partial charge < -0.3 is 5.73 Å². The van der Waals surface area contributed by atoms with Crippen molar-refractivity contribution < 1.29 is 0 Å². The van der Waals surface area contributed by atoms with Crippen LogP contribution >= 0.6 is 27.3 Å². The Hall–Kier alpha value is -0.450. The van der Waals surface area contributed by atoms with Crippen LogP contribution in [0.5, 0.6) is 0 Å². The second-order valence-electron chi connectivity index (χ2n) is 5.42. The molecule has 0 saturated heterocycles. The minimum absolute atomic E-state index is 0.313. The minimum atomic E-state index is 0.313. The summed E-state index contributed by atoms with van der Waals surface area (Å²) in [6.45, 7) is 5.33. The number of nitrogens with zero attached hydrogens (tertiary/aromatic N) is 1. The molecule has 2 nitrogen and oxygen atoms in total. The van der Waals surface area contributed by atoms with Gasteiger partial charge in [-0.25, -0.2) is 4.98 Å². The van der Waals surface area contributed by atoms with Gasteiger partial charge in [-0.05, 0) is 49.4 Å². The second-order valence-corrected chi connectivity index (χ2v) is 7.45. The summed E-state index contributed by atoms with van der Waals surface area (Å²) in [5.74, 6) is 0. The van der Waals surface area contributed by atoms with Crippen molar-refractivity contribution in [3.8, 4) is 0 Å². The molecule has 0 amide bonds. The van der Waals surface area contributed by atoms with Gasteiger partial charge in [0.25, 0.3) is 0 Å². The normalized spacial score (nSPS) is 12.2. The molecule has 0 bridgehead atoms. The Morgan fingerprint density at radius 2 is 2.11 bits per heavy atom. The van der Waals surface area contributed by atoms with Gasteiger partial charge in [-0.1, -0.05) is 29.8 Å². The van der Waals surface area contributed by atoms with Gasteiger partial charge >= 0.3 is 0 Å². The summed E-state index contributed by atoms with van der Waals surface area (Å²) < 4.78 is 2.36. The van der Waals surface area contributed by atoms with E-state index in [0.29, 0.717) is 5.41 Å². The average Bonchev–Trinajstić information content (AvgIpc) is 2.68. The first-order chi connectivity index (χ1) is 8.50. The molecule has 0 saturated carbocycles. The number of hydrogen-bond acceptors (Lipinski definition) is 3. The van der Waals surface area contributed by atoms with Gasteiger partial charge in [0.1, 0.15) is 0 Å². The molecule has 2 N–H and O–H groups in total. The highest BCUT2D eigenvalue weighted by atomic mass is 79.9. The zero-order chi connectivity index (χ0) is 13.2. The van der Waals surface area contributed by atoms with E-state index in [-0.39, 0.29) is 0 Å². The number of aromatic nitrogens is 1. The number of rotatable bonds is 5. The first-order valence-corrected chi connectivity index (χ1v) is 7.86. The van der Waals surface area contributed by atoms with Crippen LogP contribution in [0.1, 0.15) is 31.7 Å². The smallest absolute Gasteiger partial charge is 0.0938 e. The van der Waals surface area contributed by atoms with Crippen LogP contribution in [0.25, 0.3) is 10.2 Å². The van der Waals surface area contributed by atoms with Gasteiger partial charge in [-0.3, -0.25) is 0 Å². The van der Waals surface area contributed by atoms with E-state index in [4.69, 9.17) is 10.7 Å². The maximum Gasteiger partial charge on any atom is 0.0938 e. The first-order valence-electron chi connectivity index (χ1n) is 6.25. The van der Waals surface area contributed by atoms with Crippen LogP contribution in [0, 0.1) is 5.41 Å². The van der Waals surface area contributed by atoms with Gasteiger partial charge in [-0.2, -0.15) is 0 Å². The molecule has 1 aromatic heterocycles. The Labute approximate surface area is 121 Å². The Bertz CT molecular complexity index is 534. The summed E-state index contributed by atoms with van der Waals surface area (Å²) in [5, 5.41) is 1.23. The lowest BCUT2D eigenvalue weighted by molar-refractivity contribution is 0.313. The van der Waals surface area contributed by atoms with Crippen molar-refractivity contribution in [3.05, 3.63) is 27.7 Å². The molecular formula is C14H19BrN2S. The Balaban J connectivity index is 2.08. The summed E-state index contributed by atoms with van der Waals surface area (Å²) in [6.07, 6.45) is 3.26. The predicted molar refractivity (Wildman–Crippen MR) is 83.1 cm³/mol. The lowest BCUT2D eigenvalue weighted by Crippen LogP contribution is -2.17. The second kappa shape index (κ2) is 5.68. The van der Waals surface area contributed by atoms with Crippen LogP contribution < -0.4 is 5.73 Å². The summed E-state index contributed by atoms with van der Waals surface area (Å²) in [7, 11) is 0. The Kier molecular flexibility index (Phi) is 4.41. The minimum Gasteiger partial charge on any atom is -0.330 e. The Morgan fingerprint density at radius 1 is 1.33 bits per heavy atom. The number of aryl methyl sites for hydroxylation is 1. The maximum absolute atomic E-state index is 5.64. The molecule has 2 rings (SSSR count). The van der Waals surface area contributed by atoms with E-state index in [2.05, 4.69) is 48.0 Å². The van der Waals surface area contributed by atoms with E-state index in [0.717, 1.165) is 35.8 Å². The zero-order valence-corrected chi connectivity index (χ0v) is 13.3. The van der Waals surface area contributed by atoms with Crippen LogP contribution in [-0.4, -0.2) is 11.5 Å². The SMILES string of the molecule is CC(C)(CCN)CCc1nc2cc(Br)ccc2s1. The Morgan fingerprint density at radius 3 is 2.83 bits per heavy atom. The highest BCUT2D eigenvalue weighted by Gasteiger charge is 2.17. The molecule has 0 spiro atoms. The first kappa shape index (κ1) is 14.0. The van der Waals surface area contributed by atoms with Gasteiger partial charge in [0.15, 0.2) is 0 Å². The molecule has 0 fully saturated rings. The topological polar surface area (TPSA) is 38.9 Å². The van der Waals surface area contributed by atoms with Crippen LogP contribution in [0.4, 0.5) is 0 Å². The van der Waals surface area contributed by atoms with Crippen molar-refractivity contribution in [1.29, 1.82) is 0 Å². The number of halogens is 1. The highest BCUT2D eigenvalue weighted by molar-refractivity contribution is 9.10. The molecule has 1 aromatic carbocycles. The molecule has 0 aliphatic rings. The molecule has 0 atom stereocenters. The number of thiazole rings is 1. The maximum atomic E-state index is 5.64. The molecule has 18 heavy (non-hydrogen) atoms. The average molecular weight is 327 g/mol. The number of nitrogens with two attached hydrogens (primary N) is 1. The summed E-state index contributed by atoms with van der Waals surface area (Å²) in [4.78, 5) is 4.69. The fraction of sp³-hybridized carbons (Fsp3) is 0.500. The molecule has 0 radical (unpaired) electrons. The van der Waals surface area contributed by atoms with Crippen molar-refractivity contribution in [2.75, 3.05) is 6.54 Å². The lowest BCUT2D eigenvalue weighted by atomic mass is 9.84. The molecule has 4 heteroatoms. The third-order valence-corrected chi connectivity index (χ3v) is 4.82. The monoisotopic (exact) mass is 326 g/mol. The molecule has 2 aromatic rings. The lowest BCUT2D eigenvalue weighted by Gasteiger charge is -2.22. The number of fused-ring (bicyclic) bond motifs is 1. The standard InChI is InChI=1S/C14H19BrN2S/c1-14(2,7-8-16)6-5-13-17-11-9-10(15)3-4-12(11)18-13/h3-4,9H,5-8,16H2,1-2H3. The predicted octanol–water partition coefficient (Wildman–Crippen LogP) is 4.37. The zero-order valence-electron chi connectivity index (χ0n) is 10.9. The van der Waals surface area contributed by atoms with Crippen LogP contribution in [0.3, 0.4) is 0 Å². The van der Waals surface area contributed by atoms with Crippen molar-refractivity contribution in [3.63, 3.8) is 0 Å². The quantitative estimate of drug-likeness (QED) is 0.886. The van der Waals surface area contributed by atoms with Crippen molar-refractivity contribution >= 4 is 37.5 Å². The van der Waals surface area contributed by atoms with Crippen LogP contribution in [0.15, 0.2) is 22.7 Å². The van der Waals surface area contributed by atoms with Gasteiger partial charge in [0.05, 0.1) is 15.2 Å². The number of benzene rings is 1. The molecular weight excluding hydrogens is 308 g/mol. The fourth-order valence-corrected chi connectivity index (χ4v) is 3.31. The van der Waals surface area contributed by atoms with E-state index in [1.54, 1.807) is 11.3 Å². The van der Waals surface area contributed by atoms with E-state index in [1.807, 2.05) is 0 Å². The van der Waals surface area contributed by atoms with Crippen molar-refractivity contribution in [2.24, 2.45) is 11.1 Å². The third kappa shape index (κ3) is 3.53. The fourth-order valence-electron chi connectivity index (χ4n) is 2.02. The molecule has 0 unspecified atom stereocenters. The summed E-state index contributed by atoms with van der Waals surface area (Å²) in [5.41, 5.74) is 7.05. The van der Waals surface area contributed by atoms with Gasteiger partial charge in [0.2, 0.25) is 0 Å².